The van der Waals surface area contributed by atoms with Gasteiger partial charge in [-0.05, 0) is 76.8 Å². The van der Waals surface area contributed by atoms with Crippen LogP contribution in [-0.2, 0) is 8.85 Å². The van der Waals surface area contributed by atoms with E-state index in [1.165, 1.54) is 58.5 Å². The van der Waals surface area contributed by atoms with E-state index >= 15 is 0 Å². The minimum absolute atomic E-state index is 0.00304. The van der Waals surface area contributed by atoms with Crippen molar-refractivity contribution in [3.8, 4) is 0 Å². The van der Waals surface area contributed by atoms with E-state index in [1.807, 2.05) is 0 Å². The first-order valence-corrected chi connectivity index (χ1v) is 20.8. The molecule has 39 heavy (non-hydrogen) atoms. The van der Waals surface area contributed by atoms with Crippen LogP contribution in [0.15, 0.2) is 60.7 Å². The van der Waals surface area contributed by atoms with Crippen LogP contribution in [0.1, 0.15) is 88.5 Å². The molecule has 0 N–H and O–H groups in total. The maximum atomic E-state index is 7.00. The Morgan fingerprint density at radius 3 is 1.28 bits per heavy atom. The quantitative estimate of drug-likeness (QED) is 0.190. The maximum Gasteiger partial charge on any atom is 0.191 e. The van der Waals surface area contributed by atoms with Gasteiger partial charge < -0.3 is 8.85 Å². The van der Waals surface area contributed by atoms with Crippen molar-refractivity contribution in [3.05, 3.63) is 82.9 Å². The molecule has 0 fully saturated rings. The minimum Gasteiger partial charge on any atom is -0.417 e. The lowest BCUT2D eigenvalue weighted by Gasteiger charge is -2.45. The lowest BCUT2D eigenvalue weighted by Crippen LogP contribution is -2.42. The molecule has 2 nitrogen and oxygen atoms in total. The number of allylic oxidation sites excluding steroid dienone is 2. The second kappa shape index (κ2) is 13.3. The highest BCUT2D eigenvalue weighted by Crippen LogP contribution is 2.58. The van der Waals surface area contributed by atoms with E-state index in [0.29, 0.717) is 11.8 Å². The molecule has 2 atom stereocenters. The number of fused-ring (bicyclic) bond motifs is 2. The van der Waals surface area contributed by atoms with Crippen LogP contribution in [-0.4, -0.2) is 29.8 Å². The molecular weight excluding hydrogens is 509 g/mol. The molecule has 0 aliphatic heterocycles. The average Bonchev–Trinajstić information content (AvgIpc) is 3.63. The zero-order valence-corrected chi connectivity index (χ0v) is 27.5. The van der Waals surface area contributed by atoms with Gasteiger partial charge in [0.2, 0.25) is 0 Å². The van der Waals surface area contributed by atoms with Gasteiger partial charge >= 0.3 is 0 Å². The Morgan fingerprint density at radius 2 is 0.923 bits per heavy atom. The zero-order valence-electron chi connectivity index (χ0n) is 25.5. The van der Waals surface area contributed by atoms with E-state index in [-0.39, 0.29) is 5.41 Å². The van der Waals surface area contributed by atoms with Crippen molar-refractivity contribution in [3.63, 3.8) is 0 Å². The van der Waals surface area contributed by atoms with Crippen molar-refractivity contribution in [2.24, 2.45) is 5.41 Å². The van der Waals surface area contributed by atoms with Crippen LogP contribution >= 0.6 is 0 Å². The molecule has 0 saturated carbocycles. The largest absolute Gasteiger partial charge is 0.417 e. The van der Waals surface area contributed by atoms with E-state index in [2.05, 4.69) is 114 Å². The van der Waals surface area contributed by atoms with Crippen LogP contribution in [0, 0.1) is 5.41 Å². The highest BCUT2D eigenvalue weighted by atomic mass is 28.4. The highest BCUT2D eigenvalue weighted by Gasteiger charge is 2.48. The van der Waals surface area contributed by atoms with E-state index in [9.17, 15) is 0 Å². The first-order chi connectivity index (χ1) is 19.0. The Kier molecular flexibility index (Phi) is 10.3. The van der Waals surface area contributed by atoms with Gasteiger partial charge in [0.25, 0.3) is 0 Å². The van der Waals surface area contributed by atoms with Gasteiger partial charge in [-0.3, -0.25) is 0 Å². The summed E-state index contributed by atoms with van der Waals surface area (Å²) in [4.78, 5) is 0. The molecule has 2 unspecified atom stereocenters. The number of hydrogen-bond donors (Lipinski definition) is 0. The molecule has 2 aromatic carbocycles. The molecule has 2 aliphatic carbocycles. The summed E-state index contributed by atoms with van der Waals surface area (Å²) in [7, 11) is -3.36. The Labute approximate surface area is 241 Å². The third kappa shape index (κ3) is 6.00. The summed E-state index contributed by atoms with van der Waals surface area (Å²) in [6.45, 7) is 15.8. The van der Waals surface area contributed by atoms with E-state index < -0.39 is 16.6 Å². The van der Waals surface area contributed by atoms with Crippen LogP contribution in [0.3, 0.4) is 0 Å². The fourth-order valence-electron chi connectivity index (χ4n) is 7.47. The maximum absolute atomic E-state index is 7.00. The second-order valence-electron chi connectivity index (χ2n) is 11.8. The molecule has 4 heteroatoms. The van der Waals surface area contributed by atoms with E-state index in [1.54, 1.807) is 0 Å². The third-order valence-corrected chi connectivity index (χ3v) is 20.0. The van der Waals surface area contributed by atoms with Crippen LogP contribution in [0.5, 0.6) is 0 Å². The summed E-state index contributed by atoms with van der Waals surface area (Å²) in [5.74, 6) is 0.701. The predicted molar refractivity (Wildman–Crippen MR) is 174 cm³/mol. The Morgan fingerprint density at radius 1 is 0.564 bits per heavy atom. The fraction of sp³-hybridized carbons (Fsp3) is 0.543. The lowest BCUT2D eigenvalue weighted by atomic mass is 9.60. The van der Waals surface area contributed by atoms with Crippen molar-refractivity contribution in [1.29, 1.82) is 0 Å². The van der Waals surface area contributed by atoms with Crippen LogP contribution in [0.25, 0.3) is 12.2 Å². The monoisotopic (exact) mass is 560 g/mol. The summed E-state index contributed by atoms with van der Waals surface area (Å²) in [6.07, 6.45) is 11.9. The Hall–Kier alpha value is -1.73. The Balaban J connectivity index is 1.76. The molecule has 0 saturated heterocycles. The standard InChI is InChI=1S/C35H52O2Si2/c1-7-38(8-2,9-3)36-27-25-35(26-28-37-39(10-4,11-5)12-6,33-23-21-29-17-13-15-19-31(29)33)34-24-22-30-18-14-16-20-32(30)34/h13-24,33-34H,7-12,25-28H2,1-6H3. The second-order valence-corrected chi connectivity index (χ2v) is 21.4. The average molecular weight is 561 g/mol. The van der Waals surface area contributed by atoms with Gasteiger partial charge in [-0.15, -0.1) is 0 Å². The van der Waals surface area contributed by atoms with Gasteiger partial charge in [-0.25, -0.2) is 0 Å². The third-order valence-electron chi connectivity index (χ3n) is 10.7. The van der Waals surface area contributed by atoms with Crippen molar-refractivity contribution in [2.75, 3.05) is 13.2 Å². The van der Waals surface area contributed by atoms with Gasteiger partial charge in [-0.2, -0.15) is 0 Å². The first kappa shape index (κ1) is 30.2. The summed E-state index contributed by atoms with van der Waals surface area (Å²) in [5, 5.41) is 0. The summed E-state index contributed by atoms with van der Waals surface area (Å²) in [6, 6.07) is 25.3. The number of benzene rings is 2. The Bertz CT molecular complexity index is 1020. The normalized spacial score (nSPS) is 18.5. The number of rotatable bonds is 16. The van der Waals surface area contributed by atoms with Crippen LogP contribution < -0.4 is 0 Å². The smallest absolute Gasteiger partial charge is 0.191 e. The first-order valence-electron chi connectivity index (χ1n) is 15.8. The van der Waals surface area contributed by atoms with Crippen molar-refractivity contribution in [1.82, 2.24) is 0 Å². The van der Waals surface area contributed by atoms with Crippen LogP contribution in [0.2, 0.25) is 36.3 Å². The molecule has 4 rings (SSSR count). The predicted octanol–water partition coefficient (Wildman–Crippen LogP) is 10.4. The molecule has 0 radical (unpaired) electrons. The van der Waals surface area contributed by atoms with Gasteiger partial charge in [0, 0.05) is 25.0 Å². The van der Waals surface area contributed by atoms with E-state index in [4.69, 9.17) is 8.85 Å². The number of hydrogen-bond acceptors (Lipinski definition) is 2. The van der Waals surface area contributed by atoms with E-state index in [0.717, 1.165) is 26.1 Å². The highest BCUT2D eigenvalue weighted by molar-refractivity contribution is 6.74. The molecule has 0 aromatic heterocycles. The van der Waals surface area contributed by atoms with Crippen molar-refractivity contribution >= 4 is 28.8 Å². The van der Waals surface area contributed by atoms with Gasteiger partial charge in [0.15, 0.2) is 16.6 Å². The summed E-state index contributed by atoms with van der Waals surface area (Å²) >= 11 is 0. The molecule has 212 valence electrons. The molecule has 2 aromatic rings. The zero-order chi connectivity index (χ0) is 27.9. The lowest BCUT2D eigenvalue weighted by molar-refractivity contribution is 0.111. The molecule has 0 amide bonds. The minimum atomic E-state index is -1.68. The van der Waals surface area contributed by atoms with Gasteiger partial charge in [-0.1, -0.05) is 114 Å². The topological polar surface area (TPSA) is 18.5 Å². The van der Waals surface area contributed by atoms with Crippen LogP contribution in [0.4, 0.5) is 0 Å². The molecular formula is C35H52O2Si2. The summed E-state index contributed by atoms with van der Waals surface area (Å²) < 4.78 is 14.0. The molecule has 0 heterocycles. The SMILES string of the molecule is CC[Si](CC)(CC)OCCC(CCO[Si](CC)(CC)CC)(C1C=Cc2ccccc21)C1C=Cc2ccccc21. The van der Waals surface area contributed by atoms with Gasteiger partial charge in [0.1, 0.15) is 0 Å². The van der Waals surface area contributed by atoms with Crippen molar-refractivity contribution < 1.29 is 8.85 Å². The fourth-order valence-corrected chi connectivity index (χ4v) is 12.8. The summed E-state index contributed by atoms with van der Waals surface area (Å²) in [5.41, 5.74) is 5.71. The van der Waals surface area contributed by atoms with Crippen molar-refractivity contribution in [2.45, 2.75) is 102 Å². The molecule has 2 aliphatic rings. The molecule has 0 spiro atoms. The molecule has 0 bridgehead atoms. The van der Waals surface area contributed by atoms with Gasteiger partial charge in [0.05, 0.1) is 0 Å².